The second kappa shape index (κ2) is 5.37. The molecule has 0 aliphatic rings. The lowest BCUT2D eigenvalue weighted by molar-refractivity contribution is 0.424. The van der Waals surface area contributed by atoms with Crippen LogP contribution in [0.4, 0.5) is 4.39 Å². The Morgan fingerprint density at radius 2 is 1.80 bits per heavy atom. The number of aromatic nitrogens is 2. The zero-order chi connectivity index (χ0) is 14.9. The maximum Gasteiger partial charge on any atom is 0.129 e. The fraction of sp³-hybridized carbons (Fsp3) is 0.438. The molecule has 2 N–H and O–H groups in total. The maximum absolute atomic E-state index is 13.7. The molecule has 0 fully saturated rings. The molecule has 0 unspecified atom stereocenters. The third-order valence-corrected chi connectivity index (χ3v) is 3.25. The highest BCUT2D eigenvalue weighted by atomic mass is 19.1. The van der Waals surface area contributed by atoms with Crippen LogP contribution in [-0.2, 0) is 6.54 Å². The minimum Gasteiger partial charge on any atom is -0.308 e. The van der Waals surface area contributed by atoms with Gasteiger partial charge in [-0.3, -0.25) is 5.10 Å². The average Bonchev–Trinajstić information content (AvgIpc) is 2.80. The number of nitrogens with one attached hydrogen (secondary N) is 2. The standard InChI is InChI=1S/C16H22FN3/c1-10-6-12(7-11(2)14(10)17)15-13(9-19-20-15)8-18-16(3,4)5/h6-7,9,18H,8H2,1-5H3,(H,19,20). The number of halogens is 1. The third-order valence-electron chi connectivity index (χ3n) is 3.25. The van der Waals surface area contributed by atoms with Gasteiger partial charge in [-0.1, -0.05) is 0 Å². The van der Waals surface area contributed by atoms with Crippen molar-refractivity contribution in [2.75, 3.05) is 0 Å². The van der Waals surface area contributed by atoms with Crippen molar-refractivity contribution in [1.82, 2.24) is 15.5 Å². The molecule has 1 aromatic heterocycles. The van der Waals surface area contributed by atoms with Crippen LogP contribution in [0.1, 0.15) is 37.5 Å². The van der Waals surface area contributed by atoms with Crippen LogP contribution in [0.3, 0.4) is 0 Å². The topological polar surface area (TPSA) is 40.7 Å². The molecule has 20 heavy (non-hydrogen) atoms. The summed E-state index contributed by atoms with van der Waals surface area (Å²) in [5.41, 5.74) is 4.37. The van der Waals surface area contributed by atoms with Crippen LogP contribution in [0.2, 0.25) is 0 Å². The Bertz CT molecular complexity index is 585. The van der Waals surface area contributed by atoms with Gasteiger partial charge in [-0.25, -0.2) is 4.39 Å². The first-order chi connectivity index (χ1) is 9.28. The van der Waals surface area contributed by atoms with E-state index in [0.29, 0.717) is 11.1 Å². The second-order valence-corrected chi connectivity index (χ2v) is 6.30. The summed E-state index contributed by atoms with van der Waals surface area (Å²) in [5.74, 6) is -0.136. The SMILES string of the molecule is Cc1cc(-c2[nH]ncc2CNC(C)(C)C)cc(C)c1F. The van der Waals surface area contributed by atoms with Gasteiger partial charge in [-0.2, -0.15) is 5.10 Å². The van der Waals surface area contributed by atoms with E-state index in [1.54, 1.807) is 13.8 Å². The molecule has 4 heteroatoms. The Morgan fingerprint density at radius 1 is 1.20 bits per heavy atom. The zero-order valence-corrected chi connectivity index (χ0v) is 12.8. The highest BCUT2D eigenvalue weighted by Gasteiger charge is 2.14. The normalized spacial score (nSPS) is 11.9. The Balaban J connectivity index is 2.33. The van der Waals surface area contributed by atoms with Crippen LogP contribution in [0.5, 0.6) is 0 Å². The van der Waals surface area contributed by atoms with Crippen molar-refractivity contribution in [3.8, 4) is 11.3 Å². The molecule has 2 rings (SSSR count). The molecule has 0 amide bonds. The molecule has 0 spiro atoms. The molecule has 1 heterocycles. The Kier molecular flexibility index (Phi) is 3.95. The van der Waals surface area contributed by atoms with Gasteiger partial charge in [0.05, 0.1) is 11.9 Å². The van der Waals surface area contributed by atoms with Crippen molar-refractivity contribution < 1.29 is 4.39 Å². The van der Waals surface area contributed by atoms with Crippen LogP contribution in [0.25, 0.3) is 11.3 Å². The van der Waals surface area contributed by atoms with E-state index in [2.05, 4.69) is 36.3 Å². The van der Waals surface area contributed by atoms with Crippen molar-refractivity contribution in [1.29, 1.82) is 0 Å². The number of benzene rings is 1. The van der Waals surface area contributed by atoms with E-state index in [1.807, 2.05) is 18.3 Å². The first-order valence-corrected chi connectivity index (χ1v) is 6.82. The van der Waals surface area contributed by atoms with Crippen LogP contribution >= 0.6 is 0 Å². The van der Waals surface area contributed by atoms with E-state index in [4.69, 9.17) is 0 Å². The predicted octanol–water partition coefficient (Wildman–Crippen LogP) is 3.72. The highest BCUT2D eigenvalue weighted by Crippen LogP contribution is 2.25. The summed E-state index contributed by atoms with van der Waals surface area (Å²) >= 11 is 0. The number of nitrogens with zero attached hydrogens (tertiary/aromatic N) is 1. The number of hydrogen-bond acceptors (Lipinski definition) is 2. The van der Waals surface area contributed by atoms with E-state index in [1.165, 1.54) is 0 Å². The minimum absolute atomic E-state index is 0.0448. The summed E-state index contributed by atoms with van der Waals surface area (Å²) in [4.78, 5) is 0. The van der Waals surface area contributed by atoms with Gasteiger partial charge in [0.15, 0.2) is 0 Å². The molecular weight excluding hydrogens is 253 g/mol. The predicted molar refractivity (Wildman–Crippen MR) is 80.0 cm³/mol. The molecule has 0 saturated heterocycles. The van der Waals surface area contributed by atoms with Crippen LogP contribution in [-0.4, -0.2) is 15.7 Å². The Morgan fingerprint density at radius 3 is 2.35 bits per heavy atom. The molecule has 0 radical (unpaired) electrons. The van der Waals surface area contributed by atoms with E-state index in [9.17, 15) is 4.39 Å². The molecule has 108 valence electrons. The number of aryl methyl sites for hydroxylation is 2. The van der Waals surface area contributed by atoms with Crippen molar-refractivity contribution in [2.24, 2.45) is 0 Å². The van der Waals surface area contributed by atoms with E-state index in [0.717, 1.165) is 23.4 Å². The van der Waals surface area contributed by atoms with Crippen molar-refractivity contribution in [2.45, 2.75) is 46.7 Å². The molecule has 3 nitrogen and oxygen atoms in total. The molecule has 0 aliphatic heterocycles. The monoisotopic (exact) mass is 275 g/mol. The first-order valence-electron chi connectivity index (χ1n) is 6.82. The molecule has 0 saturated carbocycles. The lowest BCUT2D eigenvalue weighted by atomic mass is 10.0. The largest absolute Gasteiger partial charge is 0.308 e. The van der Waals surface area contributed by atoms with Crippen molar-refractivity contribution in [3.63, 3.8) is 0 Å². The number of H-pyrrole nitrogens is 1. The number of rotatable bonds is 3. The molecule has 2 aromatic rings. The van der Waals surface area contributed by atoms with Crippen LogP contribution in [0, 0.1) is 19.7 Å². The first kappa shape index (κ1) is 14.7. The lowest BCUT2D eigenvalue weighted by Gasteiger charge is -2.20. The van der Waals surface area contributed by atoms with Gasteiger partial charge in [-0.05, 0) is 57.9 Å². The zero-order valence-electron chi connectivity index (χ0n) is 12.8. The van der Waals surface area contributed by atoms with Gasteiger partial charge in [0.1, 0.15) is 5.82 Å². The maximum atomic E-state index is 13.7. The molecular formula is C16H22FN3. The van der Waals surface area contributed by atoms with E-state index >= 15 is 0 Å². The van der Waals surface area contributed by atoms with Gasteiger partial charge < -0.3 is 5.32 Å². The summed E-state index contributed by atoms with van der Waals surface area (Å²) in [6.07, 6.45) is 1.82. The average molecular weight is 275 g/mol. The summed E-state index contributed by atoms with van der Waals surface area (Å²) < 4.78 is 13.7. The number of hydrogen-bond donors (Lipinski definition) is 2. The van der Waals surface area contributed by atoms with Gasteiger partial charge in [-0.15, -0.1) is 0 Å². The van der Waals surface area contributed by atoms with Gasteiger partial charge in [0, 0.05) is 23.2 Å². The quantitative estimate of drug-likeness (QED) is 0.896. The second-order valence-electron chi connectivity index (χ2n) is 6.30. The summed E-state index contributed by atoms with van der Waals surface area (Å²) in [6.45, 7) is 10.7. The highest BCUT2D eigenvalue weighted by molar-refractivity contribution is 5.64. The van der Waals surface area contributed by atoms with Crippen LogP contribution in [0.15, 0.2) is 18.3 Å². The Hall–Kier alpha value is -1.68. The van der Waals surface area contributed by atoms with Crippen molar-refractivity contribution in [3.05, 3.63) is 40.8 Å². The third kappa shape index (κ3) is 3.25. The summed E-state index contributed by atoms with van der Waals surface area (Å²) in [6, 6.07) is 3.72. The minimum atomic E-state index is -0.136. The lowest BCUT2D eigenvalue weighted by Crippen LogP contribution is -2.35. The van der Waals surface area contributed by atoms with Crippen molar-refractivity contribution >= 4 is 0 Å². The van der Waals surface area contributed by atoms with E-state index < -0.39 is 0 Å². The van der Waals surface area contributed by atoms with Gasteiger partial charge in [0.25, 0.3) is 0 Å². The summed E-state index contributed by atoms with van der Waals surface area (Å²) in [7, 11) is 0. The molecule has 1 aromatic carbocycles. The molecule has 0 atom stereocenters. The van der Waals surface area contributed by atoms with Gasteiger partial charge >= 0.3 is 0 Å². The Labute approximate surface area is 119 Å². The van der Waals surface area contributed by atoms with E-state index in [-0.39, 0.29) is 11.4 Å². The van der Waals surface area contributed by atoms with Crippen LogP contribution < -0.4 is 5.32 Å². The fourth-order valence-corrected chi connectivity index (χ4v) is 2.15. The number of aromatic amines is 1. The van der Waals surface area contributed by atoms with Gasteiger partial charge in [0.2, 0.25) is 0 Å². The molecule has 0 bridgehead atoms. The fourth-order valence-electron chi connectivity index (χ4n) is 2.15. The smallest absolute Gasteiger partial charge is 0.129 e. The molecule has 0 aliphatic carbocycles. The summed E-state index contributed by atoms with van der Waals surface area (Å²) in [5, 5.41) is 10.6.